The molecule has 2 N–H and O–H groups in total. The number of nitrogens with zero attached hydrogens (tertiary/aromatic N) is 6. The largest absolute Gasteiger partial charge is 0.330 e. The van der Waals surface area contributed by atoms with E-state index in [9.17, 15) is 9.59 Å². The highest BCUT2D eigenvalue weighted by molar-refractivity contribution is 6.03. The highest BCUT2D eigenvalue weighted by Crippen LogP contribution is 2.36. The molecular weight excluding hydrogens is 468 g/mol. The van der Waals surface area contributed by atoms with Crippen LogP contribution in [0.1, 0.15) is 16.8 Å². The van der Waals surface area contributed by atoms with Gasteiger partial charge < -0.3 is 15.5 Å². The Kier molecular flexibility index (Phi) is 6.38. The molecule has 0 saturated heterocycles. The van der Waals surface area contributed by atoms with E-state index in [1.54, 1.807) is 51.1 Å². The summed E-state index contributed by atoms with van der Waals surface area (Å²) in [6.45, 7) is 6.23. The molecule has 5 rings (SSSR count). The molecule has 0 aliphatic carbocycles. The van der Waals surface area contributed by atoms with Gasteiger partial charge in [0.2, 0.25) is 11.9 Å². The van der Waals surface area contributed by atoms with Gasteiger partial charge in [-0.1, -0.05) is 43.0 Å². The van der Waals surface area contributed by atoms with Crippen LogP contribution in [0.2, 0.25) is 0 Å². The van der Waals surface area contributed by atoms with Crippen molar-refractivity contribution in [2.24, 2.45) is 7.05 Å². The van der Waals surface area contributed by atoms with E-state index in [0.29, 0.717) is 36.2 Å². The molecule has 0 saturated carbocycles. The van der Waals surface area contributed by atoms with Crippen molar-refractivity contribution < 1.29 is 9.59 Å². The molecule has 10 nitrogen and oxygen atoms in total. The highest BCUT2D eigenvalue weighted by atomic mass is 16.2. The maximum Gasteiger partial charge on any atom is 0.330 e. The number of carbonyl (C=O) groups excluding carboxylic acids is 2. The summed E-state index contributed by atoms with van der Waals surface area (Å²) in [6, 6.07) is 16.6. The second-order valence-corrected chi connectivity index (χ2v) is 8.64. The van der Waals surface area contributed by atoms with Gasteiger partial charge in [-0.15, -0.1) is 0 Å². The van der Waals surface area contributed by atoms with E-state index < -0.39 is 0 Å². The number of aromatic nitrogens is 4. The Bertz CT molecular complexity index is 1480. The lowest BCUT2D eigenvalue weighted by molar-refractivity contribution is -0.111. The second kappa shape index (κ2) is 9.94. The number of hydrogen-bond acceptors (Lipinski definition) is 6. The van der Waals surface area contributed by atoms with Gasteiger partial charge in [-0.2, -0.15) is 10.1 Å². The smallest absolute Gasteiger partial charge is 0.322 e. The zero-order valence-electron chi connectivity index (χ0n) is 20.5. The van der Waals surface area contributed by atoms with E-state index in [0.717, 1.165) is 22.5 Å². The SMILES string of the molecule is C=CC(=O)Nc1cccc(N2C(=O)N(Cc3ccccc3)Cc3cnc(Nc4cnn(C)c4C)nc32)c1. The van der Waals surface area contributed by atoms with Crippen molar-refractivity contribution in [3.05, 3.63) is 96.5 Å². The van der Waals surface area contributed by atoms with Gasteiger partial charge in [-0.25, -0.2) is 14.7 Å². The zero-order chi connectivity index (χ0) is 25.9. The van der Waals surface area contributed by atoms with Gasteiger partial charge in [-0.3, -0.25) is 9.48 Å². The predicted molar refractivity (Wildman–Crippen MR) is 142 cm³/mol. The third-order valence-electron chi connectivity index (χ3n) is 6.13. The topological polar surface area (TPSA) is 108 Å². The number of fused-ring (bicyclic) bond motifs is 1. The van der Waals surface area contributed by atoms with Gasteiger partial charge in [-0.05, 0) is 36.8 Å². The summed E-state index contributed by atoms with van der Waals surface area (Å²) in [6.07, 6.45) is 4.63. The number of urea groups is 1. The first-order chi connectivity index (χ1) is 17.9. The van der Waals surface area contributed by atoms with Gasteiger partial charge in [0.15, 0.2) is 5.82 Å². The molecule has 2 aromatic carbocycles. The second-order valence-electron chi connectivity index (χ2n) is 8.64. The molecule has 1 aliphatic rings. The lowest BCUT2D eigenvalue weighted by Gasteiger charge is -2.36. The van der Waals surface area contributed by atoms with Crippen LogP contribution in [-0.2, 0) is 24.9 Å². The minimum absolute atomic E-state index is 0.231. The van der Waals surface area contributed by atoms with Crippen LogP contribution >= 0.6 is 0 Å². The Morgan fingerprint density at radius 1 is 1.14 bits per heavy atom. The number of amides is 3. The third kappa shape index (κ3) is 4.90. The Balaban J connectivity index is 1.55. The molecular formula is C27H26N8O2. The minimum Gasteiger partial charge on any atom is -0.322 e. The highest BCUT2D eigenvalue weighted by Gasteiger charge is 2.33. The molecule has 3 amide bonds. The van der Waals surface area contributed by atoms with Gasteiger partial charge in [0.1, 0.15) is 0 Å². The fourth-order valence-electron chi connectivity index (χ4n) is 4.09. The molecule has 0 radical (unpaired) electrons. The van der Waals surface area contributed by atoms with Crippen LogP contribution in [0, 0.1) is 6.92 Å². The normalized spacial score (nSPS) is 12.8. The van der Waals surface area contributed by atoms with Crippen molar-refractivity contribution in [3.63, 3.8) is 0 Å². The monoisotopic (exact) mass is 494 g/mol. The van der Waals surface area contributed by atoms with Crippen LogP contribution in [0.4, 0.5) is 33.6 Å². The molecule has 37 heavy (non-hydrogen) atoms. The molecule has 0 unspecified atom stereocenters. The van der Waals surface area contributed by atoms with Crippen LogP contribution in [0.25, 0.3) is 0 Å². The summed E-state index contributed by atoms with van der Waals surface area (Å²) in [4.78, 5) is 38.3. The number of benzene rings is 2. The summed E-state index contributed by atoms with van der Waals surface area (Å²) < 4.78 is 1.75. The van der Waals surface area contributed by atoms with E-state index in [2.05, 4.69) is 27.3 Å². The van der Waals surface area contributed by atoms with Crippen LogP contribution in [0.15, 0.2) is 79.6 Å². The lowest BCUT2D eigenvalue weighted by Crippen LogP contribution is -2.45. The quantitative estimate of drug-likeness (QED) is 0.362. The van der Waals surface area contributed by atoms with E-state index in [4.69, 9.17) is 4.98 Å². The van der Waals surface area contributed by atoms with E-state index in [-0.39, 0.29) is 11.9 Å². The summed E-state index contributed by atoms with van der Waals surface area (Å²) in [5.74, 6) is 0.481. The molecule has 0 spiro atoms. The average Bonchev–Trinajstić information content (AvgIpc) is 3.22. The van der Waals surface area contributed by atoms with Crippen molar-refractivity contribution in [1.82, 2.24) is 24.6 Å². The summed E-state index contributed by atoms with van der Waals surface area (Å²) in [5, 5.41) is 10.2. The lowest BCUT2D eigenvalue weighted by atomic mass is 10.1. The Labute approximate surface area is 214 Å². The zero-order valence-corrected chi connectivity index (χ0v) is 20.5. The van der Waals surface area contributed by atoms with Crippen LogP contribution in [0.5, 0.6) is 0 Å². The maximum absolute atomic E-state index is 13.9. The molecule has 186 valence electrons. The standard InChI is InChI=1S/C27H26N8O2/c1-4-24(36)30-21-11-8-12-22(13-21)35-25-20(17-34(27(35)37)16-19-9-6-5-7-10-19)14-28-26(32-25)31-23-15-29-33(3)18(23)2/h4-15H,1,16-17H2,2-3H3,(H,30,36)(H,28,31,32). The van der Waals surface area contributed by atoms with Crippen molar-refractivity contribution in [3.8, 4) is 0 Å². The first kappa shape index (κ1) is 23.7. The number of aryl methyl sites for hydroxylation is 1. The fourth-order valence-corrected chi connectivity index (χ4v) is 4.09. The predicted octanol–water partition coefficient (Wildman–Crippen LogP) is 4.66. The third-order valence-corrected chi connectivity index (χ3v) is 6.13. The number of anilines is 5. The van der Waals surface area contributed by atoms with Crippen molar-refractivity contribution in [2.75, 3.05) is 15.5 Å². The first-order valence-electron chi connectivity index (χ1n) is 11.7. The van der Waals surface area contributed by atoms with Crippen LogP contribution in [0.3, 0.4) is 0 Å². The Morgan fingerprint density at radius 3 is 2.68 bits per heavy atom. The molecule has 2 aromatic heterocycles. The maximum atomic E-state index is 13.9. The van der Waals surface area contributed by atoms with Gasteiger partial charge in [0.05, 0.1) is 29.8 Å². The molecule has 0 atom stereocenters. The molecule has 10 heteroatoms. The fraction of sp³-hybridized carbons (Fsp3) is 0.148. The van der Waals surface area contributed by atoms with E-state index in [1.165, 1.54) is 6.08 Å². The summed E-state index contributed by atoms with van der Waals surface area (Å²) >= 11 is 0. The van der Waals surface area contributed by atoms with Crippen molar-refractivity contribution >= 4 is 40.8 Å². The molecule has 3 heterocycles. The van der Waals surface area contributed by atoms with Gasteiger partial charge in [0, 0.05) is 31.0 Å². The number of hydrogen-bond donors (Lipinski definition) is 2. The Morgan fingerprint density at radius 2 is 1.95 bits per heavy atom. The van der Waals surface area contributed by atoms with Gasteiger partial charge >= 0.3 is 6.03 Å². The first-order valence-corrected chi connectivity index (χ1v) is 11.7. The van der Waals surface area contributed by atoms with Crippen LogP contribution < -0.4 is 15.5 Å². The summed E-state index contributed by atoms with van der Waals surface area (Å²) in [5.41, 5.74) is 4.61. The van der Waals surface area contributed by atoms with Gasteiger partial charge in [0.25, 0.3) is 0 Å². The number of rotatable bonds is 7. The molecule has 0 bridgehead atoms. The van der Waals surface area contributed by atoms with Crippen LogP contribution in [-0.4, -0.2) is 36.6 Å². The minimum atomic E-state index is -0.339. The molecule has 1 aliphatic heterocycles. The van der Waals surface area contributed by atoms with Crippen molar-refractivity contribution in [1.29, 1.82) is 0 Å². The van der Waals surface area contributed by atoms with Crippen molar-refractivity contribution in [2.45, 2.75) is 20.0 Å². The summed E-state index contributed by atoms with van der Waals surface area (Å²) in [7, 11) is 1.86. The van der Waals surface area contributed by atoms with E-state index >= 15 is 0 Å². The molecule has 4 aromatic rings. The number of carbonyl (C=O) groups is 2. The Hall–Kier alpha value is -4.99. The number of nitrogens with one attached hydrogen (secondary N) is 2. The van der Waals surface area contributed by atoms with E-state index in [1.807, 2.05) is 44.3 Å². The molecule has 0 fully saturated rings. The average molecular weight is 495 g/mol.